The lowest BCUT2D eigenvalue weighted by molar-refractivity contribution is 0.0544. The van der Waals surface area contributed by atoms with E-state index in [0.717, 1.165) is 9.54 Å². The predicted molar refractivity (Wildman–Crippen MR) is 109 cm³/mol. The standard InChI is InChI=1S/C19H19BrO3S2/c1-21-10-11-22-12-13-23-15-4-2-14(3-5-15)16-6-7-17(24-16)18-8-9-19(20)25-18/h2-9H,10-13H2,1H3. The number of hydrogen-bond donors (Lipinski definition) is 0. The molecule has 0 saturated carbocycles. The Hall–Kier alpha value is -1.18. The summed E-state index contributed by atoms with van der Waals surface area (Å²) in [5, 5.41) is 0. The molecule has 0 fully saturated rings. The highest BCUT2D eigenvalue weighted by molar-refractivity contribution is 9.11. The van der Waals surface area contributed by atoms with Gasteiger partial charge in [-0.05, 0) is 70.0 Å². The second-order valence-corrected chi connectivity index (χ2v) is 8.79. The van der Waals surface area contributed by atoms with Crippen LogP contribution in [0.5, 0.6) is 5.75 Å². The summed E-state index contributed by atoms with van der Waals surface area (Å²) in [6.45, 7) is 2.31. The molecule has 0 spiro atoms. The topological polar surface area (TPSA) is 27.7 Å². The van der Waals surface area contributed by atoms with Gasteiger partial charge in [0.15, 0.2) is 0 Å². The maximum atomic E-state index is 5.69. The van der Waals surface area contributed by atoms with Crippen LogP contribution in [0.15, 0.2) is 52.3 Å². The molecular weight excluding hydrogens is 420 g/mol. The number of methoxy groups -OCH3 is 1. The molecule has 0 aliphatic rings. The zero-order chi connectivity index (χ0) is 17.5. The number of ether oxygens (including phenoxy) is 3. The maximum Gasteiger partial charge on any atom is 0.119 e. The van der Waals surface area contributed by atoms with Crippen LogP contribution < -0.4 is 4.74 Å². The quantitative estimate of drug-likeness (QED) is 0.386. The fourth-order valence-corrected chi connectivity index (χ4v) is 4.74. The molecule has 1 aromatic carbocycles. The van der Waals surface area contributed by atoms with E-state index in [1.54, 1.807) is 29.8 Å². The Labute approximate surface area is 164 Å². The van der Waals surface area contributed by atoms with E-state index in [-0.39, 0.29) is 0 Å². The van der Waals surface area contributed by atoms with Crippen LogP contribution in [0.25, 0.3) is 20.2 Å². The Kier molecular flexibility index (Phi) is 7.07. The van der Waals surface area contributed by atoms with Crippen molar-refractivity contribution in [3.63, 3.8) is 0 Å². The van der Waals surface area contributed by atoms with Gasteiger partial charge in [0.25, 0.3) is 0 Å². The third kappa shape index (κ3) is 5.39. The Morgan fingerprint density at radius 2 is 1.44 bits per heavy atom. The summed E-state index contributed by atoms with van der Waals surface area (Å²) in [6.07, 6.45) is 0. The molecule has 0 amide bonds. The molecule has 6 heteroatoms. The molecule has 0 aliphatic heterocycles. The molecule has 0 radical (unpaired) electrons. The van der Waals surface area contributed by atoms with E-state index >= 15 is 0 Å². The molecule has 3 aromatic rings. The fourth-order valence-electron chi connectivity index (χ4n) is 2.25. The summed E-state index contributed by atoms with van der Waals surface area (Å²) in [6, 6.07) is 16.8. The third-order valence-corrected chi connectivity index (χ3v) is 6.44. The van der Waals surface area contributed by atoms with E-state index in [4.69, 9.17) is 14.2 Å². The molecule has 0 unspecified atom stereocenters. The van der Waals surface area contributed by atoms with Gasteiger partial charge in [-0.15, -0.1) is 22.7 Å². The first kappa shape index (κ1) is 18.6. The first-order valence-corrected chi connectivity index (χ1v) is 10.3. The van der Waals surface area contributed by atoms with Crippen LogP contribution in [0.3, 0.4) is 0 Å². The molecule has 0 atom stereocenters. The third-order valence-electron chi connectivity index (χ3n) is 3.49. The Bertz CT molecular complexity index is 780. The lowest BCUT2D eigenvalue weighted by atomic mass is 10.2. The SMILES string of the molecule is COCCOCCOc1ccc(-c2ccc(-c3ccc(Br)s3)s2)cc1. The average Bonchev–Trinajstić information content (AvgIpc) is 3.27. The molecule has 25 heavy (non-hydrogen) atoms. The zero-order valence-corrected chi connectivity index (χ0v) is 17.1. The molecule has 2 heterocycles. The van der Waals surface area contributed by atoms with Crippen molar-refractivity contribution in [1.29, 1.82) is 0 Å². The minimum Gasteiger partial charge on any atom is -0.491 e. The van der Waals surface area contributed by atoms with Gasteiger partial charge in [-0.25, -0.2) is 0 Å². The van der Waals surface area contributed by atoms with Gasteiger partial charge in [0, 0.05) is 21.7 Å². The number of rotatable bonds is 9. The molecule has 0 N–H and O–H groups in total. The lowest BCUT2D eigenvalue weighted by Crippen LogP contribution is -2.09. The van der Waals surface area contributed by atoms with Crippen LogP contribution in [0.2, 0.25) is 0 Å². The molecule has 132 valence electrons. The Balaban J connectivity index is 1.55. The zero-order valence-electron chi connectivity index (χ0n) is 13.9. The molecule has 3 rings (SSSR count). The summed E-state index contributed by atoms with van der Waals surface area (Å²) < 4.78 is 17.2. The highest BCUT2D eigenvalue weighted by Gasteiger charge is 2.07. The predicted octanol–water partition coefficient (Wildman–Crippen LogP) is 5.95. The van der Waals surface area contributed by atoms with Gasteiger partial charge in [-0.3, -0.25) is 0 Å². The molecule has 0 bridgehead atoms. The number of halogens is 1. The van der Waals surface area contributed by atoms with Gasteiger partial charge in [0.1, 0.15) is 12.4 Å². The highest BCUT2D eigenvalue weighted by atomic mass is 79.9. The second-order valence-electron chi connectivity index (χ2n) is 5.25. The van der Waals surface area contributed by atoms with Crippen molar-refractivity contribution in [1.82, 2.24) is 0 Å². The second kappa shape index (κ2) is 9.50. The Morgan fingerprint density at radius 3 is 2.16 bits per heavy atom. The van der Waals surface area contributed by atoms with Crippen molar-refractivity contribution < 1.29 is 14.2 Å². The van der Waals surface area contributed by atoms with E-state index < -0.39 is 0 Å². The van der Waals surface area contributed by atoms with Crippen LogP contribution in [-0.2, 0) is 9.47 Å². The molecule has 0 aliphatic carbocycles. The average molecular weight is 439 g/mol. The lowest BCUT2D eigenvalue weighted by Gasteiger charge is -2.07. The van der Waals surface area contributed by atoms with Crippen LogP contribution in [-0.4, -0.2) is 33.5 Å². The van der Waals surface area contributed by atoms with Gasteiger partial charge in [0.2, 0.25) is 0 Å². The summed E-state index contributed by atoms with van der Waals surface area (Å²) in [5.41, 5.74) is 1.20. The van der Waals surface area contributed by atoms with Gasteiger partial charge in [0.05, 0.1) is 23.6 Å². The van der Waals surface area contributed by atoms with Crippen molar-refractivity contribution in [2.24, 2.45) is 0 Å². The molecule has 3 nitrogen and oxygen atoms in total. The number of thiophene rings is 2. The monoisotopic (exact) mass is 438 g/mol. The largest absolute Gasteiger partial charge is 0.491 e. The van der Waals surface area contributed by atoms with Crippen molar-refractivity contribution in [2.45, 2.75) is 0 Å². The first-order valence-electron chi connectivity index (χ1n) is 7.92. The summed E-state index contributed by atoms with van der Waals surface area (Å²) >= 11 is 7.08. The van der Waals surface area contributed by atoms with Gasteiger partial charge < -0.3 is 14.2 Å². The number of benzene rings is 1. The minimum atomic E-state index is 0.541. The minimum absolute atomic E-state index is 0.541. The molecule has 0 saturated heterocycles. The van der Waals surface area contributed by atoms with Crippen LogP contribution in [0.4, 0.5) is 0 Å². The van der Waals surface area contributed by atoms with E-state index in [9.17, 15) is 0 Å². The summed E-state index contributed by atoms with van der Waals surface area (Å²) in [7, 11) is 1.66. The molecule has 2 aromatic heterocycles. The number of hydrogen-bond acceptors (Lipinski definition) is 5. The Morgan fingerprint density at radius 1 is 0.760 bits per heavy atom. The van der Waals surface area contributed by atoms with Gasteiger partial charge >= 0.3 is 0 Å². The summed E-state index contributed by atoms with van der Waals surface area (Å²) in [5.74, 6) is 0.859. The van der Waals surface area contributed by atoms with E-state index in [1.165, 1.54) is 20.2 Å². The van der Waals surface area contributed by atoms with E-state index in [1.807, 2.05) is 12.1 Å². The first-order chi connectivity index (χ1) is 12.3. The van der Waals surface area contributed by atoms with Crippen molar-refractivity contribution in [2.75, 3.05) is 33.5 Å². The van der Waals surface area contributed by atoms with Crippen LogP contribution >= 0.6 is 38.6 Å². The fraction of sp³-hybridized carbons (Fsp3) is 0.263. The normalized spacial score (nSPS) is 11.0. The van der Waals surface area contributed by atoms with Gasteiger partial charge in [-0.1, -0.05) is 0 Å². The van der Waals surface area contributed by atoms with E-state index in [2.05, 4.69) is 52.3 Å². The molecular formula is C19H19BrO3S2. The van der Waals surface area contributed by atoms with Gasteiger partial charge in [-0.2, -0.15) is 0 Å². The van der Waals surface area contributed by atoms with Crippen LogP contribution in [0.1, 0.15) is 0 Å². The van der Waals surface area contributed by atoms with Crippen LogP contribution in [0, 0.1) is 0 Å². The summed E-state index contributed by atoms with van der Waals surface area (Å²) in [4.78, 5) is 3.84. The van der Waals surface area contributed by atoms with Crippen molar-refractivity contribution >= 4 is 38.6 Å². The maximum absolute atomic E-state index is 5.69. The van der Waals surface area contributed by atoms with Crippen molar-refractivity contribution in [3.05, 3.63) is 52.3 Å². The van der Waals surface area contributed by atoms with Crippen molar-refractivity contribution in [3.8, 4) is 25.9 Å². The highest BCUT2D eigenvalue weighted by Crippen LogP contribution is 2.39. The smallest absolute Gasteiger partial charge is 0.119 e. The van der Waals surface area contributed by atoms with E-state index in [0.29, 0.717) is 26.4 Å².